The summed E-state index contributed by atoms with van der Waals surface area (Å²) >= 11 is 6.10. The lowest BCUT2D eigenvalue weighted by molar-refractivity contribution is 0.168. The van der Waals surface area contributed by atoms with Crippen molar-refractivity contribution in [3.05, 3.63) is 58.9 Å². The molecule has 0 radical (unpaired) electrons. The van der Waals surface area contributed by atoms with Gasteiger partial charge in [-0.15, -0.1) is 0 Å². The average Bonchev–Trinajstić information content (AvgIpc) is 2.92. The summed E-state index contributed by atoms with van der Waals surface area (Å²) in [6.45, 7) is 4.09. The van der Waals surface area contributed by atoms with Crippen LogP contribution in [-0.2, 0) is 6.42 Å². The summed E-state index contributed by atoms with van der Waals surface area (Å²) in [7, 11) is 0. The molecule has 1 unspecified atom stereocenters. The fraction of sp³-hybridized carbons (Fsp3) is 0.278. The summed E-state index contributed by atoms with van der Waals surface area (Å²) in [6.07, 6.45) is 2.86. The Balaban J connectivity index is 2.22. The second kappa shape index (κ2) is 6.11. The zero-order chi connectivity index (χ0) is 15.7. The van der Waals surface area contributed by atoms with Gasteiger partial charge in [-0.3, -0.25) is 4.40 Å². The molecule has 4 heteroatoms. The van der Waals surface area contributed by atoms with Crippen LogP contribution >= 0.6 is 11.6 Å². The molecule has 0 aliphatic heterocycles. The molecule has 0 aliphatic carbocycles. The van der Waals surface area contributed by atoms with Gasteiger partial charge in [0.25, 0.3) is 0 Å². The Kier molecular flexibility index (Phi) is 4.19. The second-order valence-electron chi connectivity index (χ2n) is 5.40. The van der Waals surface area contributed by atoms with Crippen molar-refractivity contribution in [2.24, 2.45) is 0 Å². The highest BCUT2D eigenvalue weighted by Crippen LogP contribution is 2.31. The first-order valence-corrected chi connectivity index (χ1v) is 7.96. The standard InChI is InChI=1S/C18H19ClN2O/c1-3-12-5-7-13(8-6-12)17-18(15(22)4-2)21-11-14(19)9-10-16(21)20-17/h5-11,15,22H,3-4H2,1-2H3. The first kappa shape index (κ1) is 15.1. The summed E-state index contributed by atoms with van der Waals surface area (Å²) in [5, 5.41) is 11.1. The van der Waals surface area contributed by atoms with Crippen LogP contribution in [0.5, 0.6) is 0 Å². The third kappa shape index (κ3) is 2.62. The molecule has 0 aliphatic rings. The fourth-order valence-electron chi connectivity index (χ4n) is 2.66. The summed E-state index contributed by atoms with van der Waals surface area (Å²) < 4.78 is 1.89. The van der Waals surface area contributed by atoms with Gasteiger partial charge in [-0.05, 0) is 30.5 Å². The van der Waals surface area contributed by atoms with Crippen LogP contribution in [0.4, 0.5) is 0 Å². The largest absolute Gasteiger partial charge is 0.387 e. The molecule has 0 amide bonds. The number of aliphatic hydroxyl groups is 1. The Morgan fingerprint density at radius 3 is 2.50 bits per heavy atom. The third-order valence-corrected chi connectivity index (χ3v) is 4.18. The average molecular weight is 315 g/mol. The van der Waals surface area contributed by atoms with E-state index < -0.39 is 6.10 Å². The van der Waals surface area contributed by atoms with Crippen molar-refractivity contribution in [1.29, 1.82) is 0 Å². The molecule has 0 saturated carbocycles. The van der Waals surface area contributed by atoms with Gasteiger partial charge >= 0.3 is 0 Å². The number of hydrogen-bond donors (Lipinski definition) is 1. The summed E-state index contributed by atoms with van der Waals surface area (Å²) in [5.74, 6) is 0. The fourth-order valence-corrected chi connectivity index (χ4v) is 2.82. The molecule has 0 spiro atoms. The molecule has 0 saturated heterocycles. The van der Waals surface area contributed by atoms with Crippen molar-refractivity contribution < 1.29 is 5.11 Å². The number of benzene rings is 1. The van der Waals surface area contributed by atoms with Gasteiger partial charge in [0.2, 0.25) is 0 Å². The number of pyridine rings is 1. The monoisotopic (exact) mass is 314 g/mol. The first-order chi connectivity index (χ1) is 10.6. The van der Waals surface area contributed by atoms with Gasteiger partial charge in [-0.25, -0.2) is 4.98 Å². The van der Waals surface area contributed by atoms with Crippen LogP contribution < -0.4 is 0 Å². The van der Waals surface area contributed by atoms with Gasteiger partial charge in [0, 0.05) is 11.8 Å². The highest BCUT2D eigenvalue weighted by atomic mass is 35.5. The summed E-state index contributed by atoms with van der Waals surface area (Å²) in [6, 6.07) is 12.0. The summed E-state index contributed by atoms with van der Waals surface area (Å²) in [5.41, 5.74) is 4.71. The van der Waals surface area contributed by atoms with E-state index in [1.807, 2.05) is 29.7 Å². The number of fused-ring (bicyclic) bond motifs is 1. The first-order valence-electron chi connectivity index (χ1n) is 7.59. The van der Waals surface area contributed by atoms with Gasteiger partial charge in [0.1, 0.15) is 5.65 Å². The number of halogens is 1. The van der Waals surface area contributed by atoms with Crippen molar-refractivity contribution in [2.75, 3.05) is 0 Å². The van der Waals surface area contributed by atoms with Crippen LogP contribution in [0, 0.1) is 0 Å². The lowest BCUT2D eigenvalue weighted by atomic mass is 10.0. The van der Waals surface area contributed by atoms with Crippen LogP contribution in [0.1, 0.15) is 37.6 Å². The summed E-state index contributed by atoms with van der Waals surface area (Å²) in [4.78, 5) is 4.69. The van der Waals surface area contributed by atoms with Gasteiger partial charge in [0.15, 0.2) is 0 Å². The maximum atomic E-state index is 10.4. The molecule has 3 aromatic rings. The number of aromatic nitrogens is 2. The lowest BCUT2D eigenvalue weighted by Crippen LogP contribution is -2.02. The molecule has 1 aromatic carbocycles. The van der Waals surface area contributed by atoms with E-state index in [2.05, 4.69) is 31.2 Å². The predicted molar refractivity (Wildman–Crippen MR) is 90.3 cm³/mol. The third-order valence-electron chi connectivity index (χ3n) is 3.96. The van der Waals surface area contributed by atoms with Gasteiger partial charge in [-0.2, -0.15) is 0 Å². The number of rotatable bonds is 4. The molecule has 114 valence electrons. The Hall–Kier alpha value is -1.84. The van der Waals surface area contributed by atoms with E-state index in [9.17, 15) is 5.11 Å². The molecule has 3 nitrogen and oxygen atoms in total. The highest BCUT2D eigenvalue weighted by molar-refractivity contribution is 6.30. The van der Waals surface area contributed by atoms with E-state index in [1.54, 1.807) is 0 Å². The maximum Gasteiger partial charge on any atom is 0.137 e. The van der Waals surface area contributed by atoms with E-state index in [0.717, 1.165) is 29.0 Å². The van der Waals surface area contributed by atoms with E-state index in [-0.39, 0.29) is 0 Å². The van der Waals surface area contributed by atoms with E-state index >= 15 is 0 Å². The van der Waals surface area contributed by atoms with Crippen LogP contribution in [0.3, 0.4) is 0 Å². The molecule has 2 aromatic heterocycles. The number of hydrogen-bond acceptors (Lipinski definition) is 2. The zero-order valence-corrected chi connectivity index (χ0v) is 13.5. The number of nitrogens with zero attached hydrogens (tertiary/aromatic N) is 2. The van der Waals surface area contributed by atoms with E-state index in [1.165, 1.54) is 5.56 Å². The maximum absolute atomic E-state index is 10.4. The van der Waals surface area contributed by atoms with Crippen molar-refractivity contribution in [3.63, 3.8) is 0 Å². The number of aliphatic hydroxyl groups excluding tert-OH is 1. The van der Waals surface area contributed by atoms with E-state index in [0.29, 0.717) is 11.4 Å². The van der Waals surface area contributed by atoms with Crippen LogP contribution in [0.2, 0.25) is 5.02 Å². The Morgan fingerprint density at radius 2 is 1.86 bits per heavy atom. The molecular formula is C18H19ClN2O. The lowest BCUT2D eigenvalue weighted by Gasteiger charge is -2.11. The van der Waals surface area contributed by atoms with Crippen molar-refractivity contribution in [3.8, 4) is 11.3 Å². The number of aryl methyl sites for hydroxylation is 1. The molecule has 1 atom stereocenters. The minimum Gasteiger partial charge on any atom is -0.387 e. The quantitative estimate of drug-likeness (QED) is 0.760. The Bertz CT molecular complexity index is 793. The SMILES string of the molecule is CCc1ccc(-c2nc3ccc(Cl)cn3c2C(O)CC)cc1. The normalized spacial score (nSPS) is 12.7. The molecule has 22 heavy (non-hydrogen) atoms. The molecule has 0 bridgehead atoms. The van der Waals surface area contributed by atoms with Gasteiger partial charge in [0.05, 0.1) is 22.5 Å². The van der Waals surface area contributed by atoms with Crippen LogP contribution in [-0.4, -0.2) is 14.5 Å². The topological polar surface area (TPSA) is 37.5 Å². The van der Waals surface area contributed by atoms with Crippen LogP contribution in [0.25, 0.3) is 16.9 Å². The Labute approximate surface area is 135 Å². The highest BCUT2D eigenvalue weighted by Gasteiger charge is 2.19. The van der Waals surface area contributed by atoms with Crippen molar-refractivity contribution in [2.45, 2.75) is 32.8 Å². The molecule has 0 fully saturated rings. The molecule has 3 rings (SSSR count). The minimum absolute atomic E-state index is 0.575. The van der Waals surface area contributed by atoms with Gasteiger partial charge in [-0.1, -0.05) is 49.7 Å². The molecule has 1 N–H and O–H groups in total. The van der Waals surface area contributed by atoms with Crippen LogP contribution in [0.15, 0.2) is 42.6 Å². The zero-order valence-electron chi connectivity index (χ0n) is 12.8. The van der Waals surface area contributed by atoms with E-state index in [4.69, 9.17) is 16.6 Å². The second-order valence-corrected chi connectivity index (χ2v) is 5.83. The number of imidazole rings is 1. The van der Waals surface area contributed by atoms with Gasteiger partial charge < -0.3 is 5.11 Å². The molecule has 2 heterocycles. The predicted octanol–water partition coefficient (Wildman–Crippen LogP) is 4.66. The molecular weight excluding hydrogens is 296 g/mol. The van der Waals surface area contributed by atoms with Crippen molar-refractivity contribution >= 4 is 17.2 Å². The smallest absolute Gasteiger partial charge is 0.137 e. The van der Waals surface area contributed by atoms with Crippen molar-refractivity contribution in [1.82, 2.24) is 9.38 Å². The minimum atomic E-state index is -0.575. The Morgan fingerprint density at radius 1 is 1.14 bits per heavy atom.